The van der Waals surface area contributed by atoms with Gasteiger partial charge < -0.3 is 16.0 Å². The lowest BCUT2D eigenvalue weighted by atomic mass is 9.95. The minimum atomic E-state index is -0.728. The summed E-state index contributed by atoms with van der Waals surface area (Å²) >= 11 is 0. The molecule has 0 aromatic carbocycles. The van der Waals surface area contributed by atoms with E-state index in [9.17, 15) is 9.00 Å². The van der Waals surface area contributed by atoms with Crippen LogP contribution >= 0.6 is 0 Å². The van der Waals surface area contributed by atoms with Crippen molar-refractivity contribution in [3.05, 3.63) is 0 Å². The third-order valence-corrected chi connectivity index (χ3v) is 6.03. The molecule has 3 N–H and O–H groups in total. The van der Waals surface area contributed by atoms with Crippen LogP contribution in [0.25, 0.3) is 0 Å². The van der Waals surface area contributed by atoms with Crippen molar-refractivity contribution in [2.24, 2.45) is 4.99 Å². The van der Waals surface area contributed by atoms with E-state index in [1.54, 1.807) is 0 Å². The summed E-state index contributed by atoms with van der Waals surface area (Å²) in [7, 11) is -0.728. The van der Waals surface area contributed by atoms with Gasteiger partial charge in [0.2, 0.25) is 5.91 Å². The zero-order chi connectivity index (χ0) is 16.7. The molecule has 2 rings (SSSR count). The van der Waals surface area contributed by atoms with E-state index in [0.717, 1.165) is 50.8 Å². The first-order chi connectivity index (χ1) is 11.1. The number of rotatable bonds is 7. The topological polar surface area (TPSA) is 82.6 Å². The summed E-state index contributed by atoms with van der Waals surface area (Å²) in [5.41, 5.74) is 0. The van der Waals surface area contributed by atoms with Gasteiger partial charge in [0.05, 0.1) is 0 Å². The van der Waals surface area contributed by atoms with Gasteiger partial charge in [0.15, 0.2) is 5.96 Å². The molecule has 0 heterocycles. The van der Waals surface area contributed by atoms with Crippen molar-refractivity contribution < 1.29 is 9.00 Å². The van der Waals surface area contributed by atoms with Gasteiger partial charge in [-0.05, 0) is 39.0 Å². The van der Waals surface area contributed by atoms with Gasteiger partial charge in [0, 0.05) is 40.4 Å². The second kappa shape index (κ2) is 9.25. The standard InChI is InChI=1S/C16H30N4O2S/c1-3-17-16(18-11-15(21)19-12-8-9-12)20-13-6-5-7-14(10-13)23(22)4-2/h12-14H,3-11H2,1-2H3,(H,19,21)(H2,17,18,20). The van der Waals surface area contributed by atoms with Crippen molar-refractivity contribution in [1.82, 2.24) is 16.0 Å². The van der Waals surface area contributed by atoms with Crippen molar-refractivity contribution in [1.29, 1.82) is 0 Å². The monoisotopic (exact) mass is 342 g/mol. The van der Waals surface area contributed by atoms with Crippen LogP contribution in [0.1, 0.15) is 52.4 Å². The van der Waals surface area contributed by atoms with Crippen LogP contribution in [0.15, 0.2) is 4.99 Å². The second-order valence-corrected chi connectivity index (χ2v) is 8.34. The highest BCUT2D eigenvalue weighted by Gasteiger charge is 2.26. The highest BCUT2D eigenvalue weighted by atomic mass is 32.2. The molecule has 0 bridgehead atoms. The summed E-state index contributed by atoms with van der Waals surface area (Å²) in [5.74, 6) is 1.40. The van der Waals surface area contributed by atoms with Crippen molar-refractivity contribution >= 4 is 22.7 Å². The quantitative estimate of drug-likeness (QED) is 0.474. The predicted molar refractivity (Wildman–Crippen MR) is 95.0 cm³/mol. The first kappa shape index (κ1) is 18.2. The molecule has 23 heavy (non-hydrogen) atoms. The average molecular weight is 343 g/mol. The predicted octanol–water partition coefficient (Wildman–Crippen LogP) is 0.900. The van der Waals surface area contributed by atoms with Crippen LogP contribution in [0.2, 0.25) is 0 Å². The Balaban J connectivity index is 1.84. The Labute approximate surface area is 141 Å². The van der Waals surface area contributed by atoms with Crippen molar-refractivity contribution in [3.8, 4) is 0 Å². The molecular weight excluding hydrogens is 312 g/mol. The molecule has 2 fully saturated rings. The summed E-state index contributed by atoms with van der Waals surface area (Å²) < 4.78 is 12.0. The SMILES string of the molecule is CCNC(=NCC(=O)NC1CC1)NC1CCCC(S(=O)CC)C1. The number of nitrogens with one attached hydrogen (secondary N) is 3. The van der Waals surface area contributed by atoms with E-state index in [1.165, 1.54) is 0 Å². The number of guanidine groups is 1. The van der Waals surface area contributed by atoms with Crippen LogP contribution in [0, 0.1) is 0 Å². The maximum atomic E-state index is 12.0. The Morgan fingerprint density at radius 3 is 2.57 bits per heavy atom. The molecule has 0 saturated heterocycles. The van der Waals surface area contributed by atoms with Crippen molar-refractivity contribution in [2.45, 2.75) is 69.7 Å². The third kappa shape index (κ3) is 6.49. The van der Waals surface area contributed by atoms with Gasteiger partial charge >= 0.3 is 0 Å². The lowest BCUT2D eigenvalue weighted by Gasteiger charge is -2.30. The zero-order valence-corrected chi connectivity index (χ0v) is 15.1. The first-order valence-corrected chi connectivity index (χ1v) is 10.2. The molecule has 0 aromatic heterocycles. The van der Waals surface area contributed by atoms with E-state index in [4.69, 9.17) is 0 Å². The van der Waals surface area contributed by atoms with Crippen LogP contribution in [-0.4, -0.2) is 52.3 Å². The number of carbonyl (C=O) groups excluding carboxylic acids is 1. The van der Waals surface area contributed by atoms with Gasteiger partial charge in [-0.25, -0.2) is 4.99 Å². The number of carbonyl (C=O) groups is 1. The number of aliphatic imine (C=N–C) groups is 1. The molecular formula is C16H30N4O2S. The molecule has 6 nitrogen and oxygen atoms in total. The molecule has 3 atom stereocenters. The molecule has 0 spiro atoms. The Kier molecular flexibility index (Phi) is 7.33. The molecule has 0 aliphatic heterocycles. The van der Waals surface area contributed by atoms with Crippen LogP contribution in [0.3, 0.4) is 0 Å². The maximum Gasteiger partial charge on any atom is 0.242 e. The van der Waals surface area contributed by atoms with Gasteiger partial charge in [-0.3, -0.25) is 9.00 Å². The Bertz CT molecular complexity index is 451. The molecule has 0 aromatic rings. The number of nitrogens with zero attached hydrogens (tertiary/aromatic N) is 1. The highest BCUT2D eigenvalue weighted by Crippen LogP contribution is 2.23. The molecule has 3 unspecified atom stereocenters. The summed E-state index contributed by atoms with van der Waals surface area (Å²) in [6.07, 6.45) is 6.30. The highest BCUT2D eigenvalue weighted by molar-refractivity contribution is 7.85. The summed E-state index contributed by atoms with van der Waals surface area (Å²) in [6.45, 7) is 4.91. The van der Waals surface area contributed by atoms with E-state index in [2.05, 4.69) is 20.9 Å². The second-order valence-electron chi connectivity index (χ2n) is 6.34. The van der Waals surface area contributed by atoms with Crippen LogP contribution in [-0.2, 0) is 15.6 Å². The minimum absolute atomic E-state index is 0.0155. The van der Waals surface area contributed by atoms with Gasteiger partial charge in [-0.2, -0.15) is 0 Å². The summed E-state index contributed by atoms with van der Waals surface area (Å²) in [4.78, 5) is 16.1. The Morgan fingerprint density at radius 1 is 1.13 bits per heavy atom. The largest absolute Gasteiger partial charge is 0.357 e. The molecule has 1 amide bonds. The summed E-state index contributed by atoms with van der Waals surface area (Å²) in [6, 6.07) is 0.657. The Morgan fingerprint density at radius 2 is 1.91 bits per heavy atom. The van der Waals surface area contributed by atoms with Crippen LogP contribution in [0.5, 0.6) is 0 Å². The molecule has 132 valence electrons. The third-order valence-electron chi connectivity index (χ3n) is 4.29. The van der Waals surface area contributed by atoms with Gasteiger partial charge in [-0.1, -0.05) is 13.3 Å². The zero-order valence-electron chi connectivity index (χ0n) is 14.3. The number of hydrogen-bond donors (Lipinski definition) is 3. The molecule has 0 radical (unpaired) electrons. The fourth-order valence-electron chi connectivity index (χ4n) is 2.92. The Hall–Kier alpha value is -1.11. The normalized spacial score (nSPS) is 26.4. The van der Waals surface area contributed by atoms with Crippen molar-refractivity contribution in [3.63, 3.8) is 0 Å². The van der Waals surface area contributed by atoms with Gasteiger partial charge in [0.25, 0.3) is 0 Å². The first-order valence-electron chi connectivity index (χ1n) is 8.83. The van der Waals surface area contributed by atoms with E-state index >= 15 is 0 Å². The molecule has 2 saturated carbocycles. The molecule has 2 aliphatic rings. The molecule has 7 heteroatoms. The summed E-state index contributed by atoms with van der Waals surface area (Å²) in [5, 5.41) is 9.84. The lowest BCUT2D eigenvalue weighted by Crippen LogP contribution is -2.47. The lowest BCUT2D eigenvalue weighted by molar-refractivity contribution is -0.119. The number of amides is 1. The number of hydrogen-bond acceptors (Lipinski definition) is 3. The maximum absolute atomic E-state index is 12.0. The fraction of sp³-hybridized carbons (Fsp3) is 0.875. The van der Waals surface area contributed by atoms with Gasteiger partial charge in [-0.15, -0.1) is 0 Å². The molecule has 2 aliphatic carbocycles. The average Bonchev–Trinajstić information content (AvgIpc) is 3.36. The van der Waals surface area contributed by atoms with Crippen molar-refractivity contribution in [2.75, 3.05) is 18.8 Å². The van der Waals surface area contributed by atoms with Crippen LogP contribution in [0.4, 0.5) is 0 Å². The van der Waals surface area contributed by atoms with E-state index in [-0.39, 0.29) is 23.7 Å². The van der Waals surface area contributed by atoms with E-state index in [0.29, 0.717) is 12.0 Å². The van der Waals surface area contributed by atoms with E-state index < -0.39 is 10.8 Å². The van der Waals surface area contributed by atoms with E-state index in [1.807, 2.05) is 13.8 Å². The minimum Gasteiger partial charge on any atom is -0.357 e. The van der Waals surface area contributed by atoms with Crippen LogP contribution < -0.4 is 16.0 Å². The smallest absolute Gasteiger partial charge is 0.242 e. The van der Waals surface area contributed by atoms with Gasteiger partial charge in [0.1, 0.15) is 6.54 Å². The fourth-order valence-corrected chi connectivity index (χ4v) is 4.26.